The number of benzene rings is 1. The number of nitrogens with one attached hydrogen (secondary N) is 1. The zero-order valence-corrected chi connectivity index (χ0v) is 18.2. The van der Waals surface area contributed by atoms with Gasteiger partial charge >= 0.3 is 0 Å². The van der Waals surface area contributed by atoms with Crippen molar-refractivity contribution in [2.45, 2.75) is 0 Å². The van der Waals surface area contributed by atoms with Gasteiger partial charge in [0.25, 0.3) is 0 Å². The van der Waals surface area contributed by atoms with Gasteiger partial charge in [0.2, 0.25) is 11.9 Å². The summed E-state index contributed by atoms with van der Waals surface area (Å²) in [6.07, 6.45) is 8.48. The lowest BCUT2D eigenvalue weighted by Gasteiger charge is -2.16. The van der Waals surface area contributed by atoms with Gasteiger partial charge in [0.15, 0.2) is 0 Å². The smallest absolute Gasteiger partial charge is 0.250 e. The molecule has 1 aromatic carbocycles. The monoisotopic (exact) mass is 429 g/mol. The number of halogens is 1. The third-order valence-electron chi connectivity index (χ3n) is 5.20. The van der Waals surface area contributed by atoms with E-state index in [1.54, 1.807) is 30.3 Å². The second kappa shape index (κ2) is 9.11. The third-order valence-corrected chi connectivity index (χ3v) is 5.20. The summed E-state index contributed by atoms with van der Waals surface area (Å²) in [7, 11) is 5.66. The molecule has 32 heavy (non-hydrogen) atoms. The van der Waals surface area contributed by atoms with Crippen molar-refractivity contribution in [3.63, 3.8) is 0 Å². The molecule has 0 fully saturated rings. The van der Waals surface area contributed by atoms with Crippen molar-refractivity contribution in [2.24, 2.45) is 0 Å². The Morgan fingerprint density at radius 1 is 1.06 bits per heavy atom. The van der Waals surface area contributed by atoms with E-state index in [-0.39, 0.29) is 5.91 Å². The first-order valence-electron chi connectivity index (χ1n) is 10.2. The van der Waals surface area contributed by atoms with E-state index in [1.807, 2.05) is 61.6 Å². The van der Waals surface area contributed by atoms with Crippen LogP contribution in [0.4, 0.5) is 10.1 Å². The molecule has 7 heteroatoms. The molecule has 0 unspecified atom stereocenters. The van der Waals surface area contributed by atoms with Crippen molar-refractivity contribution in [3.05, 3.63) is 79.2 Å². The minimum Gasteiger partial charge on any atom is -0.346 e. The van der Waals surface area contributed by atoms with Crippen molar-refractivity contribution in [1.29, 1.82) is 0 Å². The van der Waals surface area contributed by atoms with Crippen LogP contribution in [0.3, 0.4) is 0 Å². The predicted octanol–water partition coefficient (Wildman–Crippen LogP) is 4.51. The summed E-state index contributed by atoms with van der Waals surface area (Å²) in [6.45, 7) is 0.700. The van der Waals surface area contributed by atoms with E-state index >= 15 is 0 Å². The molecule has 0 spiro atoms. The second-order valence-electron chi connectivity index (χ2n) is 7.80. The molecule has 0 atom stereocenters. The van der Waals surface area contributed by atoms with Crippen LogP contribution < -0.4 is 4.90 Å². The molecule has 1 amide bonds. The number of anilines is 1. The number of H-pyrrole nitrogens is 1. The highest BCUT2D eigenvalue weighted by atomic mass is 19.1. The van der Waals surface area contributed by atoms with Crippen molar-refractivity contribution >= 4 is 22.6 Å². The first kappa shape index (κ1) is 21.4. The lowest BCUT2D eigenvalue weighted by atomic mass is 10.0. The highest BCUT2D eigenvalue weighted by Crippen LogP contribution is 2.32. The Kier molecular flexibility index (Phi) is 6.09. The van der Waals surface area contributed by atoms with E-state index in [4.69, 9.17) is 0 Å². The summed E-state index contributed by atoms with van der Waals surface area (Å²) in [6, 6.07) is 12.9. The molecule has 0 saturated carbocycles. The first-order chi connectivity index (χ1) is 15.4. The molecule has 4 aromatic rings. The lowest BCUT2D eigenvalue weighted by molar-refractivity contribution is -0.113. The van der Waals surface area contributed by atoms with E-state index in [0.29, 0.717) is 6.54 Å². The topological polar surface area (TPSA) is 65.1 Å². The van der Waals surface area contributed by atoms with Gasteiger partial charge in [-0.05, 0) is 49.5 Å². The quantitative estimate of drug-likeness (QED) is 0.362. The Morgan fingerprint density at radius 3 is 2.69 bits per heavy atom. The Hall–Kier alpha value is -3.84. The van der Waals surface area contributed by atoms with Gasteiger partial charge in [0, 0.05) is 66.5 Å². The molecule has 0 aliphatic carbocycles. The number of aromatic amines is 1. The normalized spacial score (nSPS) is 11.5. The van der Waals surface area contributed by atoms with E-state index in [1.165, 1.54) is 12.3 Å². The Balaban J connectivity index is 1.66. The lowest BCUT2D eigenvalue weighted by Crippen LogP contribution is -2.24. The van der Waals surface area contributed by atoms with Crippen LogP contribution in [0.15, 0.2) is 73.2 Å². The fourth-order valence-corrected chi connectivity index (χ4v) is 3.47. The SMILES string of the molecule is CN(C)C/C=C/C(=O)N(C)c1cccc(-c2cnc3[nH]cc(-c4ccnc(F)c4)c3c2)c1. The van der Waals surface area contributed by atoms with Gasteiger partial charge in [0.1, 0.15) is 5.65 Å². The van der Waals surface area contributed by atoms with Crippen molar-refractivity contribution in [2.75, 3.05) is 32.6 Å². The van der Waals surface area contributed by atoms with Gasteiger partial charge in [-0.1, -0.05) is 18.2 Å². The number of nitrogens with zero attached hydrogens (tertiary/aromatic N) is 4. The molecule has 3 heterocycles. The van der Waals surface area contributed by atoms with Crippen LogP contribution in [-0.2, 0) is 4.79 Å². The molecule has 0 saturated heterocycles. The van der Waals surface area contributed by atoms with Gasteiger partial charge in [-0.15, -0.1) is 0 Å². The molecule has 0 aliphatic rings. The molecule has 0 aliphatic heterocycles. The Morgan fingerprint density at radius 2 is 1.91 bits per heavy atom. The molecule has 1 N–H and O–H groups in total. The van der Waals surface area contributed by atoms with Crippen molar-refractivity contribution in [3.8, 4) is 22.3 Å². The molecule has 0 bridgehead atoms. The number of carbonyl (C=O) groups excluding carboxylic acids is 1. The predicted molar refractivity (Wildman–Crippen MR) is 126 cm³/mol. The van der Waals surface area contributed by atoms with Crippen LogP contribution in [0.25, 0.3) is 33.3 Å². The average molecular weight is 429 g/mol. The molecule has 6 nitrogen and oxygen atoms in total. The summed E-state index contributed by atoms with van der Waals surface area (Å²) in [4.78, 5) is 27.4. The van der Waals surface area contributed by atoms with E-state index in [0.717, 1.165) is 39.0 Å². The third kappa shape index (κ3) is 4.58. The number of amides is 1. The van der Waals surface area contributed by atoms with Crippen molar-refractivity contribution in [1.82, 2.24) is 19.9 Å². The summed E-state index contributed by atoms with van der Waals surface area (Å²) in [5.74, 6) is -0.619. The maximum Gasteiger partial charge on any atom is 0.250 e. The number of pyridine rings is 2. The minimum atomic E-state index is -0.527. The number of likely N-dealkylation sites (N-methyl/N-ethyl adjacent to an activating group) is 2. The maximum atomic E-state index is 13.6. The van der Waals surface area contributed by atoms with Gasteiger partial charge in [-0.25, -0.2) is 9.97 Å². The highest BCUT2D eigenvalue weighted by Gasteiger charge is 2.12. The van der Waals surface area contributed by atoms with Crippen LogP contribution in [-0.4, -0.2) is 53.4 Å². The average Bonchev–Trinajstić information content (AvgIpc) is 3.21. The number of carbonyl (C=O) groups is 1. The summed E-state index contributed by atoms with van der Waals surface area (Å²) in [5, 5.41) is 0.884. The van der Waals surface area contributed by atoms with Gasteiger partial charge in [-0.2, -0.15) is 4.39 Å². The summed E-state index contributed by atoms with van der Waals surface area (Å²) in [5.41, 5.74) is 4.92. The van der Waals surface area contributed by atoms with E-state index in [9.17, 15) is 9.18 Å². The van der Waals surface area contributed by atoms with E-state index < -0.39 is 5.95 Å². The molecular formula is C25H24FN5O. The zero-order valence-electron chi connectivity index (χ0n) is 18.2. The number of fused-ring (bicyclic) bond motifs is 1. The zero-order chi connectivity index (χ0) is 22.7. The van der Waals surface area contributed by atoms with Crippen LogP contribution in [0.2, 0.25) is 0 Å². The van der Waals surface area contributed by atoms with Gasteiger partial charge < -0.3 is 14.8 Å². The van der Waals surface area contributed by atoms with Crippen LogP contribution >= 0.6 is 0 Å². The minimum absolute atomic E-state index is 0.0924. The van der Waals surface area contributed by atoms with Crippen LogP contribution in [0.1, 0.15) is 0 Å². The molecule has 162 valence electrons. The molecule has 4 rings (SSSR count). The first-order valence-corrected chi connectivity index (χ1v) is 10.2. The van der Waals surface area contributed by atoms with Crippen LogP contribution in [0, 0.1) is 5.95 Å². The summed E-state index contributed by atoms with van der Waals surface area (Å²) < 4.78 is 13.6. The van der Waals surface area contributed by atoms with Gasteiger partial charge in [0.05, 0.1) is 0 Å². The van der Waals surface area contributed by atoms with Crippen molar-refractivity contribution < 1.29 is 9.18 Å². The fraction of sp³-hybridized carbons (Fsp3) is 0.160. The molecular weight excluding hydrogens is 405 g/mol. The summed E-state index contributed by atoms with van der Waals surface area (Å²) >= 11 is 0. The largest absolute Gasteiger partial charge is 0.346 e. The number of hydrogen-bond acceptors (Lipinski definition) is 4. The number of rotatable bonds is 6. The highest BCUT2D eigenvalue weighted by molar-refractivity contribution is 6.01. The maximum absolute atomic E-state index is 13.6. The molecule has 0 radical (unpaired) electrons. The van der Waals surface area contributed by atoms with Crippen LogP contribution in [0.5, 0.6) is 0 Å². The number of hydrogen-bond donors (Lipinski definition) is 1. The standard InChI is InChI=1S/C25H24FN5O/c1-30(2)11-5-8-24(32)31(3)20-7-4-6-17(12-20)19-13-21-22(16-29-25(21)28-15-19)18-9-10-27-23(26)14-18/h4-10,12-16H,11H2,1-3H3,(H,28,29)/b8-5+. The Labute approximate surface area is 186 Å². The molecule has 3 aromatic heterocycles. The van der Waals surface area contributed by atoms with Gasteiger partial charge in [-0.3, -0.25) is 4.79 Å². The second-order valence-corrected chi connectivity index (χ2v) is 7.80. The Bertz CT molecular complexity index is 1290. The fourth-order valence-electron chi connectivity index (χ4n) is 3.47. The van der Waals surface area contributed by atoms with E-state index in [2.05, 4.69) is 15.0 Å². The number of aromatic nitrogens is 3.